The van der Waals surface area contributed by atoms with E-state index in [9.17, 15) is 4.79 Å². The van der Waals surface area contributed by atoms with Crippen LogP contribution in [0.4, 0.5) is 5.69 Å². The largest absolute Gasteiger partial charge is 0.338 e. The highest BCUT2D eigenvalue weighted by Crippen LogP contribution is 2.34. The number of amides is 1. The van der Waals surface area contributed by atoms with E-state index in [1.54, 1.807) is 31.0 Å². The van der Waals surface area contributed by atoms with Crippen LogP contribution >= 0.6 is 0 Å². The summed E-state index contributed by atoms with van der Waals surface area (Å²) >= 11 is 0. The first kappa shape index (κ1) is 24.1. The van der Waals surface area contributed by atoms with Crippen molar-refractivity contribution in [3.63, 3.8) is 0 Å². The summed E-state index contributed by atoms with van der Waals surface area (Å²) in [6.07, 6.45) is 13.2. The predicted molar refractivity (Wildman–Crippen MR) is 154 cm³/mol. The molecule has 0 atom stereocenters. The van der Waals surface area contributed by atoms with Crippen LogP contribution in [0.1, 0.15) is 19.3 Å². The minimum atomic E-state index is 0.0180. The van der Waals surface area contributed by atoms with Gasteiger partial charge in [0.25, 0.3) is 0 Å². The summed E-state index contributed by atoms with van der Waals surface area (Å²) in [5.74, 6) is 0.436. The molecular weight excluding hydrogens is 502 g/mol. The topological polar surface area (TPSA) is 137 Å². The van der Waals surface area contributed by atoms with Crippen LogP contribution in [0.5, 0.6) is 0 Å². The van der Waals surface area contributed by atoms with Gasteiger partial charge in [-0.3, -0.25) is 24.8 Å². The Morgan fingerprint density at radius 2 is 1.82 bits per heavy atom. The molecule has 6 aromatic heterocycles. The van der Waals surface area contributed by atoms with Gasteiger partial charge in [-0.05, 0) is 67.7 Å². The molecule has 0 radical (unpaired) electrons. The summed E-state index contributed by atoms with van der Waals surface area (Å²) < 4.78 is 0. The SMILES string of the molecule is O=C(CC1CCNCC1)Nc1cncc(-c2cc3c(-c4cc5c(-c6cccnc6)ccnc5[nH]4)n[nH]c3cn2)c1. The number of rotatable bonds is 6. The van der Waals surface area contributed by atoms with E-state index in [1.807, 2.05) is 36.5 Å². The number of nitrogens with zero attached hydrogens (tertiary/aromatic N) is 5. The number of hydrogen-bond donors (Lipinski definition) is 4. The Morgan fingerprint density at radius 1 is 0.925 bits per heavy atom. The molecule has 0 aromatic carbocycles. The normalized spacial score (nSPS) is 14.1. The Kier molecular flexibility index (Phi) is 6.21. The van der Waals surface area contributed by atoms with Gasteiger partial charge in [0.2, 0.25) is 5.91 Å². The van der Waals surface area contributed by atoms with Crippen molar-refractivity contribution in [1.29, 1.82) is 0 Å². The van der Waals surface area contributed by atoms with Crippen molar-refractivity contribution in [3.8, 4) is 33.8 Å². The summed E-state index contributed by atoms with van der Waals surface area (Å²) in [5.41, 5.74) is 7.49. The first-order valence-electron chi connectivity index (χ1n) is 13.4. The number of aromatic amines is 2. The van der Waals surface area contributed by atoms with Gasteiger partial charge in [-0.1, -0.05) is 6.07 Å². The summed E-state index contributed by atoms with van der Waals surface area (Å²) in [6, 6.07) is 11.9. The Balaban J connectivity index is 1.19. The lowest BCUT2D eigenvalue weighted by Gasteiger charge is -2.21. The highest BCUT2D eigenvalue weighted by atomic mass is 16.1. The molecule has 6 aromatic rings. The minimum absolute atomic E-state index is 0.0180. The molecule has 0 spiro atoms. The van der Waals surface area contributed by atoms with Gasteiger partial charge in [-0.15, -0.1) is 0 Å². The summed E-state index contributed by atoms with van der Waals surface area (Å²) in [7, 11) is 0. The Bertz CT molecular complexity index is 1820. The zero-order chi connectivity index (χ0) is 26.9. The molecule has 7 heterocycles. The van der Waals surface area contributed by atoms with Crippen LogP contribution in [0.25, 0.3) is 55.7 Å². The molecule has 0 bridgehead atoms. The van der Waals surface area contributed by atoms with Crippen LogP contribution in [-0.2, 0) is 4.79 Å². The lowest BCUT2D eigenvalue weighted by molar-refractivity contribution is -0.117. The van der Waals surface area contributed by atoms with Crippen molar-refractivity contribution < 1.29 is 4.79 Å². The highest BCUT2D eigenvalue weighted by Gasteiger charge is 2.18. The predicted octanol–water partition coefficient (Wildman–Crippen LogP) is 4.95. The molecule has 7 rings (SSSR count). The van der Waals surface area contributed by atoms with Gasteiger partial charge >= 0.3 is 0 Å². The molecule has 198 valence electrons. The minimum Gasteiger partial charge on any atom is -0.338 e. The van der Waals surface area contributed by atoms with Crippen LogP contribution in [0.2, 0.25) is 0 Å². The first-order chi connectivity index (χ1) is 19.7. The zero-order valence-corrected chi connectivity index (χ0v) is 21.7. The van der Waals surface area contributed by atoms with Gasteiger partial charge in [0, 0.05) is 53.1 Å². The monoisotopic (exact) mass is 529 g/mol. The molecule has 10 heteroatoms. The molecule has 1 fully saturated rings. The van der Waals surface area contributed by atoms with Crippen molar-refractivity contribution >= 4 is 33.5 Å². The maximum Gasteiger partial charge on any atom is 0.224 e. The fourth-order valence-corrected chi connectivity index (χ4v) is 5.42. The Morgan fingerprint density at radius 3 is 2.70 bits per heavy atom. The second-order valence-electron chi connectivity index (χ2n) is 10.1. The van der Waals surface area contributed by atoms with Crippen LogP contribution < -0.4 is 10.6 Å². The van der Waals surface area contributed by atoms with E-state index < -0.39 is 0 Å². The number of hydrogen-bond acceptors (Lipinski definition) is 7. The van der Waals surface area contributed by atoms with Gasteiger partial charge in [0.05, 0.1) is 35.0 Å². The van der Waals surface area contributed by atoms with E-state index in [2.05, 4.69) is 51.8 Å². The Hall–Kier alpha value is -4.96. The standard InChI is InChI=1S/C30H27N9O/c40-28(10-18-3-7-31-8-4-18)36-21-11-20(15-33-16-21)25-13-24-27(17-35-25)38-39-29(24)26-12-23-22(5-9-34-30(23)37-26)19-2-1-6-32-14-19/h1-2,5-6,9,11-18,31H,3-4,7-8,10H2,(H,34,37)(H,36,40)(H,38,39). The highest BCUT2D eigenvalue weighted by molar-refractivity contribution is 6.00. The second-order valence-corrected chi connectivity index (χ2v) is 10.1. The van der Waals surface area contributed by atoms with Crippen LogP contribution in [0.15, 0.2) is 73.6 Å². The number of pyridine rings is 4. The van der Waals surface area contributed by atoms with Crippen molar-refractivity contribution in [2.75, 3.05) is 18.4 Å². The average Bonchev–Trinajstić information content (AvgIpc) is 3.62. The van der Waals surface area contributed by atoms with Gasteiger partial charge in [0.1, 0.15) is 11.3 Å². The molecule has 0 aliphatic carbocycles. The molecule has 0 unspecified atom stereocenters. The van der Waals surface area contributed by atoms with E-state index in [-0.39, 0.29) is 5.91 Å². The summed E-state index contributed by atoms with van der Waals surface area (Å²) in [5, 5.41) is 16.0. The van der Waals surface area contributed by atoms with Gasteiger partial charge in [-0.25, -0.2) is 4.98 Å². The smallest absolute Gasteiger partial charge is 0.224 e. The molecule has 1 aliphatic rings. The zero-order valence-electron chi connectivity index (χ0n) is 21.7. The third-order valence-corrected chi connectivity index (χ3v) is 7.46. The number of carbonyl (C=O) groups excluding carboxylic acids is 1. The molecule has 1 amide bonds. The Labute approximate surface area is 229 Å². The molecule has 1 aliphatic heterocycles. The summed E-state index contributed by atoms with van der Waals surface area (Å²) in [6.45, 7) is 1.94. The van der Waals surface area contributed by atoms with Crippen molar-refractivity contribution in [2.45, 2.75) is 19.3 Å². The second kappa shape index (κ2) is 10.3. The van der Waals surface area contributed by atoms with Crippen LogP contribution in [-0.4, -0.2) is 54.1 Å². The van der Waals surface area contributed by atoms with Crippen molar-refractivity contribution in [2.24, 2.45) is 5.92 Å². The first-order valence-corrected chi connectivity index (χ1v) is 13.4. The van der Waals surface area contributed by atoms with Gasteiger partial charge in [0.15, 0.2) is 0 Å². The number of piperidine rings is 1. The number of fused-ring (bicyclic) bond motifs is 2. The van der Waals surface area contributed by atoms with E-state index in [0.29, 0.717) is 18.0 Å². The molecule has 10 nitrogen and oxygen atoms in total. The quantitative estimate of drug-likeness (QED) is 0.239. The van der Waals surface area contributed by atoms with Gasteiger partial charge in [-0.2, -0.15) is 5.10 Å². The molecule has 40 heavy (non-hydrogen) atoms. The fourth-order valence-electron chi connectivity index (χ4n) is 5.42. The van der Waals surface area contributed by atoms with Crippen molar-refractivity contribution in [3.05, 3.63) is 73.6 Å². The number of H-pyrrole nitrogens is 2. The third-order valence-electron chi connectivity index (χ3n) is 7.46. The number of anilines is 1. The van der Waals surface area contributed by atoms with Crippen molar-refractivity contribution in [1.82, 2.24) is 40.4 Å². The number of carbonyl (C=O) groups is 1. The molecular formula is C30H27N9O. The maximum atomic E-state index is 12.7. The van der Waals surface area contributed by atoms with Crippen LogP contribution in [0.3, 0.4) is 0 Å². The van der Waals surface area contributed by atoms with Gasteiger partial charge < -0.3 is 15.6 Å². The fraction of sp³-hybridized carbons (Fsp3) is 0.200. The third kappa shape index (κ3) is 4.69. The summed E-state index contributed by atoms with van der Waals surface area (Å²) in [4.78, 5) is 33.9. The van der Waals surface area contributed by atoms with E-state index in [0.717, 1.165) is 81.6 Å². The molecule has 4 N–H and O–H groups in total. The van der Waals surface area contributed by atoms with E-state index >= 15 is 0 Å². The average molecular weight is 530 g/mol. The lowest BCUT2D eigenvalue weighted by Crippen LogP contribution is -2.30. The molecule has 0 saturated carbocycles. The maximum absolute atomic E-state index is 12.7. The number of nitrogens with one attached hydrogen (secondary N) is 4. The number of aromatic nitrogens is 7. The molecule has 1 saturated heterocycles. The van der Waals surface area contributed by atoms with Crippen LogP contribution in [0, 0.1) is 5.92 Å². The van der Waals surface area contributed by atoms with E-state index in [4.69, 9.17) is 0 Å². The van der Waals surface area contributed by atoms with E-state index in [1.165, 1.54) is 0 Å². The lowest BCUT2D eigenvalue weighted by atomic mass is 9.94.